The minimum atomic E-state index is -0.0527. The molecule has 3 heteroatoms. The number of nitrogens with zero attached hydrogens (tertiary/aromatic N) is 2. The lowest BCUT2D eigenvalue weighted by atomic mass is 10.3. The third-order valence-electron chi connectivity index (χ3n) is 2.79. The van der Waals surface area contributed by atoms with Gasteiger partial charge in [-0.2, -0.15) is 0 Å². The molecule has 1 heterocycles. The average molecular weight is 210 g/mol. The highest BCUT2D eigenvalue weighted by atomic mass is 16.1. The van der Waals surface area contributed by atoms with Crippen molar-refractivity contribution >= 4 is 6.29 Å². The van der Waals surface area contributed by atoms with Crippen molar-refractivity contribution in [2.24, 2.45) is 0 Å². The summed E-state index contributed by atoms with van der Waals surface area (Å²) in [6.07, 6.45) is 9.73. The molecule has 0 amide bonds. The van der Waals surface area contributed by atoms with E-state index in [1.807, 2.05) is 12.4 Å². The smallest absolute Gasteiger partial charge is 0.162 e. The molecule has 15 heavy (non-hydrogen) atoms. The van der Waals surface area contributed by atoms with Crippen molar-refractivity contribution in [1.82, 2.24) is 9.80 Å². The molecule has 0 saturated heterocycles. The zero-order valence-electron chi connectivity index (χ0n) is 9.85. The van der Waals surface area contributed by atoms with Crippen molar-refractivity contribution in [1.29, 1.82) is 0 Å². The van der Waals surface area contributed by atoms with E-state index in [9.17, 15) is 4.79 Å². The van der Waals surface area contributed by atoms with Gasteiger partial charge in [-0.15, -0.1) is 0 Å². The van der Waals surface area contributed by atoms with E-state index < -0.39 is 0 Å². The molecule has 1 aliphatic heterocycles. The highest BCUT2D eigenvalue weighted by Gasteiger charge is 2.24. The maximum Gasteiger partial charge on any atom is 0.162 e. The topological polar surface area (TPSA) is 23.6 Å². The van der Waals surface area contributed by atoms with Gasteiger partial charge in [0.15, 0.2) is 12.5 Å². The normalized spacial score (nSPS) is 16.4. The fraction of sp³-hybridized carbons (Fsp3) is 0.750. The van der Waals surface area contributed by atoms with Crippen molar-refractivity contribution in [2.75, 3.05) is 13.1 Å². The van der Waals surface area contributed by atoms with Gasteiger partial charge in [-0.05, 0) is 12.8 Å². The molecule has 86 valence electrons. The standard InChI is InChI=1S/C12H22N2O/c1-3-5-7-13-9-10-14(8-6-4-2)12(13)11-15/h9-12H,3-8H2,1-2H3. The summed E-state index contributed by atoms with van der Waals surface area (Å²) in [7, 11) is 0. The van der Waals surface area contributed by atoms with Gasteiger partial charge in [-0.3, -0.25) is 4.79 Å². The van der Waals surface area contributed by atoms with Crippen LogP contribution >= 0.6 is 0 Å². The van der Waals surface area contributed by atoms with Gasteiger partial charge in [0.25, 0.3) is 0 Å². The number of carbonyl (C=O) groups is 1. The van der Waals surface area contributed by atoms with E-state index in [-0.39, 0.29) is 6.17 Å². The van der Waals surface area contributed by atoms with E-state index >= 15 is 0 Å². The maximum absolute atomic E-state index is 11.0. The number of aldehydes is 1. The van der Waals surface area contributed by atoms with Crippen LogP contribution in [0.4, 0.5) is 0 Å². The highest BCUT2D eigenvalue weighted by Crippen LogP contribution is 2.15. The summed E-state index contributed by atoms with van der Waals surface area (Å²) in [5.41, 5.74) is 0. The van der Waals surface area contributed by atoms with E-state index in [0.29, 0.717) is 0 Å². The van der Waals surface area contributed by atoms with E-state index in [1.165, 1.54) is 12.8 Å². The highest BCUT2D eigenvalue weighted by molar-refractivity contribution is 5.58. The van der Waals surface area contributed by atoms with Crippen LogP contribution in [0.15, 0.2) is 12.4 Å². The Labute approximate surface area is 92.7 Å². The number of unbranched alkanes of at least 4 members (excludes halogenated alkanes) is 2. The van der Waals surface area contributed by atoms with Crippen LogP contribution in [0.3, 0.4) is 0 Å². The van der Waals surface area contributed by atoms with Gasteiger partial charge >= 0.3 is 0 Å². The Hall–Kier alpha value is -0.990. The van der Waals surface area contributed by atoms with Crippen molar-refractivity contribution in [3.05, 3.63) is 12.4 Å². The van der Waals surface area contributed by atoms with Crippen LogP contribution in [-0.4, -0.2) is 35.3 Å². The lowest BCUT2D eigenvalue weighted by molar-refractivity contribution is -0.115. The number of rotatable bonds is 7. The first-order valence-electron chi connectivity index (χ1n) is 5.98. The summed E-state index contributed by atoms with van der Waals surface area (Å²) in [6.45, 7) is 6.31. The average Bonchev–Trinajstić information content (AvgIpc) is 2.65. The van der Waals surface area contributed by atoms with Crippen LogP contribution in [-0.2, 0) is 4.79 Å². The monoisotopic (exact) mass is 210 g/mol. The first kappa shape index (κ1) is 12.1. The van der Waals surface area contributed by atoms with Crippen LogP contribution in [0.5, 0.6) is 0 Å². The van der Waals surface area contributed by atoms with Crippen molar-refractivity contribution in [3.63, 3.8) is 0 Å². The Morgan fingerprint density at radius 3 is 1.87 bits per heavy atom. The molecule has 1 rings (SSSR count). The minimum absolute atomic E-state index is 0.0527. The van der Waals surface area contributed by atoms with E-state index in [1.54, 1.807) is 0 Å². The third-order valence-corrected chi connectivity index (χ3v) is 2.79. The second kappa shape index (κ2) is 6.49. The Morgan fingerprint density at radius 2 is 1.53 bits per heavy atom. The molecule has 0 atom stereocenters. The number of hydrogen-bond acceptors (Lipinski definition) is 3. The van der Waals surface area contributed by atoms with Crippen LogP contribution in [0.1, 0.15) is 39.5 Å². The minimum Gasteiger partial charge on any atom is -0.350 e. The lowest BCUT2D eigenvalue weighted by Crippen LogP contribution is -2.40. The predicted octanol–water partition coefficient (Wildman–Crippen LogP) is 2.20. The maximum atomic E-state index is 11.0. The van der Waals surface area contributed by atoms with Crippen molar-refractivity contribution in [2.45, 2.75) is 45.7 Å². The Kier molecular flexibility index (Phi) is 5.22. The molecular formula is C12H22N2O. The SMILES string of the molecule is CCCCN1C=CN(CCCC)C1C=O. The van der Waals surface area contributed by atoms with Gasteiger partial charge in [-0.1, -0.05) is 26.7 Å². The van der Waals surface area contributed by atoms with Gasteiger partial charge in [-0.25, -0.2) is 0 Å². The van der Waals surface area contributed by atoms with Crippen molar-refractivity contribution < 1.29 is 4.79 Å². The number of hydrogen-bond donors (Lipinski definition) is 0. The second-order valence-electron chi connectivity index (χ2n) is 4.03. The summed E-state index contributed by atoms with van der Waals surface area (Å²) in [4.78, 5) is 15.3. The molecule has 0 unspecified atom stereocenters. The molecule has 0 aliphatic carbocycles. The second-order valence-corrected chi connectivity index (χ2v) is 4.03. The van der Waals surface area contributed by atoms with Crippen LogP contribution in [0.25, 0.3) is 0 Å². The van der Waals surface area contributed by atoms with Gasteiger partial charge in [0.05, 0.1) is 0 Å². The fourth-order valence-corrected chi connectivity index (χ4v) is 1.79. The Bertz CT molecular complexity index is 198. The van der Waals surface area contributed by atoms with Crippen LogP contribution < -0.4 is 0 Å². The molecule has 0 bridgehead atoms. The first-order valence-corrected chi connectivity index (χ1v) is 5.98. The largest absolute Gasteiger partial charge is 0.350 e. The number of carbonyl (C=O) groups excluding carboxylic acids is 1. The Balaban J connectivity index is 2.42. The summed E-state index contributed by atoms with van der Waals surface area (Å²) >= 11 is 0. The molecule has 0 N–H and O–H groups in total. The van der Waals surface area contributed by atoms with E-state index in [2.05, 4.69) is 23.6 Å². The molecule has 1 aliphatic rings. The third kappa shape index (κ3) is 3.26. The summed E-state index contributed by atoms with van der Waals surface area (Å²) in [5, 5.41) is 0. The zero-order chi connectivity index (χ0) is 11.1. The van der Waals surface area contributed by atoms with Gasteiger partial charge in [0.2, 0.25) is 0 Å². The molecule has 0 fully saturated rings. The summed E-state index contributed by atoms with van der Waals surface area (Å²) < 4.78 is 0. The zero-order valence-corrected chi connectivity index (χ0v) is 9.85. The summed E-state index contributed by atoms with van der Waals surface area (Å²) in [5.74, 6) is 0. The van der Waals surface area contributed by atoms with E-state index in [0.717, 1.165) is 32.2 Å². The Morgan fingerprint density at radius 1 is 1.07 bits per heavy atom. The molecule has 0 aromatic carbocycles. The molecule has 0 aromatic rings. The molecule has 3 nitrogen and oxygen atoms in total. The summed E-state index contributed by atoms with van der Waals surface area (Å²) in [6, 6.07) is 0. The van der Waals surface area contributed by atoms with Crippen molar-refractivity contribution in [3.8, 4) is 0 Å². The first-order chi connectivity index (χ1) is 7.33. The lowest BCUT2D eigenvalue weighted by Gasteiger charge is -2.28. The molecular weight excluding hydrogens is 188 g/mol. The van der Waals surface area contributed by atoms with Gasteiger partial charge < -0.3 is 9.80 Å². The van der Waals surface area contributed by atoms with Gasteiger partial charge in [0.1, 0.15) is 0 Å². The predicted molar refractivity (Wildman–Crippen MR) is 62.2 cm³/mol. The van der Waals surface area contributed by atoms with Crippen LogP contribution in [0.2, 0.25) is 0 Å². The molecule has 0 spiro atoms. The van der Waals surface area contributed by atoms with Crippen LogP contribution in [0, 0.1) is 0 Å². The fourth-order valence-electron chi connectivity index (χ4n) is 1.79. The molecule has 0 saturated carbocycles. The quantitative estimate of drug-likeness (QED) is 0.602. The molecule has 0 radical (unpaired) electrons. The van der Waals surface area contributed by atoms with E-state index in [4.69, 9.17) is 0 Å². The molecule has 0 aromatic heterocycles. The van der Waals surface area contributed by atoms with Gasteiger partial charge in [0, 0.05) is 25.5 Å².